The standard InChI is InChI=1S/C15H26N4O/c1-3-8-19-13(6-7-17-19)15(16-2)14-10-18-9-4-5-12(18)11-20-14/h6-7,12,14-16H,3-5,8-11H2,1-2H3. The average molecular weight is 278 g/mol. The van der Waals surface area contributed by atoms with Crippen molar-refractivity contribution in [3.8, 4) is 0 Å². The molecule has 0 radical (unpaired) electrons. The van der Waals surface area contributed by atoms with Crippen molar-refractivity contribution in [1.82, 2.24) is 20.0 Å². The molecule has 2 aliphatic rings. The van der Waals surface area contributed by atoms with E-state index in [-0.39, 0.29) is 12.1 Å². The number of nitrogens with one attached hydrogen (secondary N) is 1. The molecule has 1 aromatic rings. The molecule has 0 spiro atoms. The van der Waals surface area contributed by atoms with Gasteiger partial charge in [0, 0.05) is 25.3 Å². The van der Waals surface area contributed by atoms with Crippen molar-refractivity contribution >= 4 is 0 Å². The SMILES string of the molecule is CCCn1nccc1C(NC)C1CN2CCCC2CO1. The second kappa shape index (κ2) is 6.24. The summed E-state index contributed by atoms with van der Waals surface area (Å²) in [7, 11) is 2.02. The number of morpholine rings is 1. The molecule has 3 rings (SSSR count). The Bertz CT molecular complexity index is 433. The summed E-state index contributed by atoms with van der Waals surface area (Å²) in [5, 5.41) is 7.88. The molecule has 3 unspecified atom stereocenters. The molecule has 112 valence electrons. The monoisotopic (exact) mass is 278 g/mol. The van der Waals surface area contributed by atoms with Crippen LogP contribution in [-0.4, -0.2) is 53.6 Å². The maximum atomic E-state index is 6.16. The van der Waals surface area contributed by atoms with E-state index in [0.717, 1.165) is 26.1 Å². The first-order valence-electron chi connectivity index (χ1n) is 7.88. The fraction of sp³-hybridized carbons (Fsp3) is 0.800. The number of nitrogens with zero attached hydrogens (tertiary/aromatic N) is 3. The van der Waals surface area contributed by atoms with Crippen LogP contribution in [0.3, 0.4) is 0 Å². The average Bonchev–Trinajstić information content (AvgIpc) is 3.09. The van der Waals surface area contributed by atoms with Gasteiger partial charge in [0.1, 0.15) is 0 Å². The minimum atomic E-state index is 0.224. The summed E-state index contributed by atoms with van der Waals surface area (Å²) in [6.07, 6.45) is 5.84. The molecule has 0 amide bonds. The lowest BCUT2D eigenvalue weighted by Crippen LogP contribution is -2.50. The zero-order chi connectivity index (χ0) is 13.9. The van der Waals surface area contributed by atoms with Gasteiger partial charge >= 0.3 is 0 Å². The highest BCUT2D eigenvalue weighted by atomic mass is 16.5. The minimum Gasteiger partial charge on any atom is -0.373 e. The molecule has 0 aliphatic carbocycles. The minimum absolute atomic E-state index is 0.224. The van der Waals surface area contributed by atoms with E-state index in [9.17, 15) is 0 Å². The molecule has 3 heterocycles. The van der Waals surface area contributed by atoms with Crippen molar-refractivity contribution < 1.29 is 4.74 Å². The summed E-state index contributed by atoms with van der Waals surface area (Å²) in [5.41, 5.74) is 1.25. The Hall–Kier alpha value is -0.910. The Balaban J connectivity index is 1.74. The summed E-state index contributed by atoms with van der Waals surface area (Å²) in [5.74, 6) is 0. The molecule has 3 atom stereocenters. The highest BCUT2D eigenvalue weighted by Gasteiger charge is 2.36. The Morgan fingerprint density at radius 3 is 3.25 bits per heavy atom. The van der Waals surface area contributed by atoms with Crippen LogP contribution in [0.4, 0.5) is 0 Å². The Kier molecular flexibility index (Phi) is 4.38. The molecule has 1 N–H and O–H groups in total. The molecule has 2 saturated heterocycles. The summed E-state index contributed by atoms with van der Waals surface area (Å²) >= 11 is 0. The van der Waals surface area contributed by atoms with Gasteiger partial charge in [-0.1, -0.05) is 6.92 Å². The second-order valence-corrected chi connectivity index (χ2v) is 5.91. The maximum absolute atomic E-state index is 6.16. The molecule has 5 nitrogen and oxygen atoms in total. The van der Waals surface area contributed by atoms with Crippen molar-refractivity contribution in [2.75, 3.05) is 26.7 Å². The first-order valence-corrected chi connectivity index (χ1v) is 7.88. The Morgan fingerprint density at radius 2 is 2.45 bits per heavy atom. The maximum Gasteiger partial charge on any atom is 0.0912 e. The lowest BCUT2D eigenvalue weighted by Gasteiger charge is -2.38. The summed E-state index contributed by atoms with van der Waals surface area (Å²) in [6.45, 7) is 6.30. The van der Waals surface area contributed by atoms with Crippen LogP contribution in [0.15, 0.2) is 12.3 Å². The molecule has 2 fully saturated rings. The topological polar surface area (TPSA) is 42.3 Å². The summed E-state index contributed by atoms with van der Waals surface area (Å²) < 4.78 is 8.27. The molecule has 1 aromatic heterocycles. The normalized spacial score (nSPS) is 28.5. The highest BCUT2D eigenvalue weighted by molar-refractivity contribution is 5.10. The fourth-order valence-corrected chi connectivity index (χ4v) is 3.57. The molecule has 20 heavy (non-hydrogen) atoms. The van der Waals surface area contributed by atoms with Gasteiger partial charge in [-0.2, -0.15) is 5.10 Å². The number of fused-ring (bicyclic) bond motifs is 1. The predicted octanol–water partition coefficient (Wildman–Crippen LogP) is 1.42. The van der Waals surface area contributed by atoms with Crippen LogP contribution in [0.25, 0.3) is 0 Å². The van der Waals surface area contributed by atoms with Gasteiger partial charge in [0.25, 0.3) is 0 Å². The fourth-order valence-electron chi connectivity index (χ4n) is 3.57. The van der Waals surface area contributed by atoms with Crippen LogP contribution in [0.1, 0.15) is 37.9 Å². The van der Waals surface area contributed by atoms with E-state index >= 15 is 0 Å². The van der Waals surface area contributed by atoms with Crippen LogP contribution >= 0.6 is 0 Å². The lowest BCUT2D eigenvalue weighted by atomic mass is 10.0. The molecule has 0 saturated carbocycles. The third-order valence-corrected chi connectivity index (χ3v) is 4.60. The van der Waals surface area contributed by atoms with Gasteiger partial charge in [0.15, 0.2) is 0 Å². The lowest BCUT2D eigenvalue weighted by molar-refractivity contribution is -0.0654. The zero-order valence-electron chi connectivity index (χ0n) is 12.6. The number of rotatable bonds is 5. The van der Waals surface area contributed by atoms with Crippen molar-refractivity contribution in [2.45, 2.75) is 50.9 Å². The van der Waals surface area contributed by atoms with Crippen LogP contribution in [0, 0.1) is 0 Å². The van der Waals surface area contributed by atoms with Crippen molar-refractivity contribution in [2.24, 2.45) is 0 Å². The number of hydrogen-bond donors (Lipinski definition) is 1. The molecular weight excluding hydrogens is 252 g/mol. The largest absolute Gasteiger partial charge is 0.373 e. The molecule has 0 aromatic carbocycles. The third kappa shape index (κ3) is 2.62. The quantitative estimate of drug-likeness (QED) is 0.884. The smallest absolute Gasteiger partial charge is 0.0912 e. The molecule has 2 aliphatic heterocycles. The van der Waals surface area contributed by atoms with Gasteiger partial charge in [-0.25, -0.2) is 0 Å². The van der Waals surface area contributed by atoms with Crippen molar-refractivity contribution in [1.29, 1.82) is 0 Å². The van der Waals surface area contributed by atoms with Crippen LogP contribution in [0.5, 0.6) is 0 Å². The van der Waals surface area contributed by atoms with Gasteiger partial charge in [0.05, 0.1) is 24.4 Å². The molecular formula is C15H26N4O. The first-order chi connectivity index (χ1) is 9.83. The summed E-state index contributed by atoms with van der Waals surface area (Å²) in [4.78, 5) is 2.60. The van der Waals surface area contributed by atoms with E-state index < -0.39 is 0 Å². The number of likely N-dealkylation sites (N-methyl/N-ethyl adjacent to an activating group) is 1. The van der Waals surface area contributed by atoms with Crippen molar-refractivity contribution in [3.05, 3.63) is 18.0 Å². The number of aromatic nitrogens is 2. The molecule has 5 heteroatoms. The zero-order valence-corrected chi connectivity index (χ0v) is 12.6. The van der Waals surface area contributed by atoms with E-state index in [2.05, 4.69) is 33.0 Å². The summed E-state index contributed by atoms with van der Waals surface area (Å²) in [6, 6.07) is 3.01. The highest BCUT2D eigenvalue weighted by Crippen LogP contribution is 2.28. The van der Waals surface area contributed by atoms with E-state index in [0.29, 0.717) is 6.04 Å². The number of hydrogen-bond acceptors (Lipinski definition) is 4. The van der Waals surface area contributed by atoms with Gasteiger partial charge < -0.3 is 10.1 Å². The Labute approximate surface area is 121 Å². The van der Waals surface area contributed by atoms with E-state index in [1.807, 2.05) is 13.2 Å². The predicted molar refractivity (Wildman–Crippen MR) is 78.7 cm³/mol. The number of aryl methyl sites for hydroxylation is 1. The van der Waals surface area contributed by atoms with Crippen LogP contribution in [-0.2, 0) is 11.3 Å². The van der Waals surface area contributed by atoms with Crippen molar-refractivity contribution in [3.63, 3.8) is 0 Å². The van der Waals surface area contributed by atoms with Gasteiger partial charge in [0.2, 0.25) is 0 Å². The van der Waals surface area contributed by atoms with Crippen LogP contribution in [0.2, 0.25) is 0 Å². The number of ether oxygens (including phenoxy) is 1. The van der Waals surface area contributed by atoms with Crippen LogP contribution < -0.4 is 5.32 Å². The van der Waals surface area contributed by atoms with E-state index in [4.69, 9.17) is 4.74 Å². The van der Waals surface area contributed by atoms with E-state index in [1.54, 1.807) is 0 Å². The Morgan fingerprint density at radius 1 is 1.55 bits per heavy atom. The van der Waals surface area contributed by atoms with Gasteiger partial charge in [-0.05, 0) is 38.9 Å². The first kappa shape index (κ1) is 14.0. The van der Waals surface area contributed by atoms with E-state index in [1.165, 1.54) is 25.1 Å². The second-order valence-electron chi connectivity index (χ2n) is 5.91. The molecule has 0 bridgehead atoms. The third-order valence-electron chi connectivity index (χ3n) is 4.60. The van der Waals surface area contributed by atoms with Gasteiger partial charge in [-0.3, -0.25) is 9.58 Å². The van der Waals surface area contributed by atoms with Gasteiger partial charge in [-0.15, -0.1) is 0 Å².